The molecule has 5 rings (SSSR count). The lowest BCUT2D eigenvalue weighted by atomic mass is 9.99. The van der Waals surface area contributed by atoms with E-state index in [0.717, 1.165) is 28.3 Å². The van der Waals surface area contributed by atoms with Crippen LogP contribution in [0.5, 0.6) is 0 Å². The van der Waals surface area contributed by atoms with Crippen LogP contribution in [-0.2, 0) is 9.53 Å². The molecule has 6 heteroatoms. The molecule has 164 valence electrons. The van der Waals surface area contributed by atoms with Gasteiger partial charge in [-0.2, -0.15) is 5.10 Å². The van der Waals surface area contributed by atoms with Crippen LogP contribution in [0.15, 0.2) is 109 Å². The molecule has 0 fully saturated rings. The van der Waals surface area contributed by atoms with Gasteiger partial charge in [0.2, 0.25) is 0 Å². The van der Waals surface area contributed by atoms with Gasteiger partial charge in [0.1, 0.15) is 6.04 Å². The minimum absolute atomic E-state index is 0.292. The van der Waals surface area contributed by atoms with Crippen LogP contribution in [0.4, 0.5) is 5.69 Å². The first kappa shape index (κ1) is 20.7. The SMILES string of the molecule is CCOC(=O)C1=C(c2ccccc2)N(c2ccccc2)NC1c1ccnn1-c1ccccc1. The topological polar surface area (TPSA) is 59.4 Å². The lowest BCUT2D eigenvalue weighted by Crippen LogP contribution is -2.34. The number of hydrazine groups is 1. The van der Waals surface area contributed by atoms with Crippen molar-refractivity contribution in [3.8, 4) is 5.69 Å². The number of rotatable bonds is 6. The van der Waals surface area contributed by atoms with Crippen LogP contribution >= 0.6 is 0 Å². The Hall–Kier alpha value is -4.16. The Morgan fingerprint density at radius 1 is 0.879 bits per heavy atom. The van der Waals surface area contributed by atoms with Gasteiger partial charge in [0, 0.05) is 11.8 Å². The molecule has 33 heavy (non-hydrogen) atoms. The zero-order chi connectivity index (χ0) is 22.6. The summed E-state index contributed by atoms with van der Waals surface area (Å²) >= 11 is 0. The molecule has 4 aromatic rings. The van der Waals surface area contributed by atoms with Gasteiger partial charge >= 0.3 is 5.97 Å². The van der Waals surface area contributed by atoms with E-state index in [1.165, 1.54) is 0 Å². The number of carbonyl (C=O) groups is 1. The van der Waals surface area contributed by atoms with Gasteiger partial charge in [-0.05, 0) is 37.3 Å². The van der Waals surface area contributed by atoms with Crippen LogP contribution in [-0.4, -0.2) is 22.4 Å². The summed E-state index contributed by atoms with van der Waals surface area (Å²) in [7, 11) is 0. The number of anilines is 1. The van der Waals surface area contributed by atoms with E-state index in [4.69, 9.17) is 4.74 Å². The number of hydrogen-bond acceptors (Lipinski definition) is 5. The maximum Gasteiger partial charge on any atom is 0.338 e. The van der Waals surface area contributed by atoms with Crippen molar-refractivity contribution < 1.29 is 9.53 Å². The summed E-state index contributed by atoms with van der Waals surface area (Å²) in [6, 6.07) is 31.2. The Labute approximate surface area is 192 Å². The molecule has 3 aromatic carbocycles. The van der Waals surface area contributed by atoms with Gasteiger partial charge < -0.3 is 4.74 Å². The maximum atomic E-state index is 13.4. The first-order chi connectivity index (χ1) is 16.3. The molecule has 1 aliphatic heterocycles. The van der Waals surface area contributed by atoms with E-state index < -0.39 is 6.04 Å². The van der Waals surface area contributed by atoms with Crippen molar-refractivity contribution in [2.75, 3.05) is 11.6 Å². The largest absolute Gasteiger partial charge is 0.463 e. The second kappa shape index (κ2) is 9.14. The van der Waals surface area contributed by atoms with Crippen LogP contribution in [0, 0.1) is 0 Å². The zero-order valence-corrected chi connectivity index (χ0v) is 18.3. The molecule has 0 saturated heterocycles. The highest BCUT2D eigenvalue weighted by Gasteiger charge is 2.40. The van der Waals surface area contributed by atoms with Gasteiger partial charge in [0.25, 0.3) is 0 Å². The number of aromatic nitrogens is 2. The van der Waals surface area contributed by atoms with E-state index in [2.05, 4.69) is 10.5 Å². The van der Waals surface area contributed by atoms with Crippen molar-refractivity contribution in [2.45, 2.75) is 13.0 Å². The molecule has 0 radical (unpaired) electrons. The number of nitrogens with zero attached hydrogens (tertiary/aromatic N) is 3. The van der Waals surface area contributed by atoms with E-state index >= 15 is 0 Å². The molecule has 0 saturated carbocycles. The van der Waals surface area contributed by atoms with Crippen molar-refractivity contribution in [1.82, 2.24) is 15.2 Å². The number of esters is 1. The van der Waals surface area contributed by atoms with Crippen molar-refractivity contribution >= 4 is 17.4 Å². The third-order valence-corrected chi connectivity index (χ3v) is 5.55. The van der Waals surface area contributed by atoms with Crippen LogP contribution in [0.25, 0.3) is 11.4 Å². The molecule has 1 unspecified atom stereocenters. The summed E-state index contributed by atoms with van der Waals surface area (Å²) in [5.41, 5.74) is 8.48. The first-order valence-corrected chi connectivity index (χ1v) is 11.0. The molecule has 2 heterocycles. The van der Waals surface area contributed by atoms with Gasteiger partial charge in [-0.1, -0.05) is 66.7 Å². The van der Waals surface area contributed by atoms with Gasteiger partial charge in [0.05, 0.1) is 34.9 Å². The predicted molar refractivity (Wildman–Crippen MR) is 128 cm³/mol. The fourth-order valence-corrected chi connectivity index (χ4v) is 4.13. The number of benzene rings is 3. The van der Waals surface area contributed by atoms with E-state index in [0.29, 0.717) is 12.2 Å². The minimum Gasteiger partial charge on any atom is -0.463 e. The molecule has 0 bridgehead atoms. The third-order valence-electron chi connectivity index (χ3n) is 5.55. The average molecular weight is 437 g/mol. The van der Waals surface area contributed by atoms with E-state index in [9.17, 15) is 4.79 Å². The summed E-state index contributed by atoms with van der Waals surface area (Å²) in [6.07, 6.45) is 1.75. The van der Waals surface area contributed by atoms with Gasteiger partial charge in [-0.3, -0.25) is 5.01 Å². The van der Waals surface area contributed by atoms with Gasteiger partial charge in [-0.25, -0.2) is 14.9 Å². The lowest BCUT2D eigenvalue weighted by Gasteiger charge is -2.24. The molecular weight excluding hydrogens is 412 g/mol. The number of para-hydroxylation sites is 2. The van der Waals surface area contributed by atoms with Crippen molar-refractivity contribution in [3.63, 3.8) is 0 Å². The van der Waals surface area contributed by atoms with Crippen molar-refractivity contribution in [2.24, 2.45) is 0 Å². The summed E-state index contributed by atoms with van der Waals surface area (Å²) < 4.78 is 7.40. The Morgan fingerprint density at radius 3 is 2.12 bits per heavy atom. The Bertz CT molecular complexity index is 1270. The minimum atomic E-state index is -0.456. The molecule has 1 N–H and O–H groups in total. The van der Waals surface area contributed by atoms with Gasteiger partial charge in [-0.15, -0.1) is 0 Å². The summed E-state index contributed by atoms with van der Waals surface area (Å²) in [6.45, 7) is 2.11. The number of ether oxygens (including phenoxy) is 1. The highest BCUT2D eigenvalue weighted by atomic mass is 16.5. The molecule has 6 nitrogen and oxygen atoms in total. The first-order valence-electron chi connectivity index (χ1n) is 11.0. The van der Waals surface area contributed by atoms with Crippen LogP contribution in [0.3, 0.4) is 0 Å². The summed E-state index contributed by atoms with van der Waals surface area (Å²) in [4.78, 5) is 13.4. The molecule has 1 atom stereocenters. The summed E-state index contributed by atoms with van der Waals surface area (Å²) in [5.74, 6) is -0.354. The van der Waals surface area contributed by atoms with Gasteiger partial charge in [0.15, 0.2) is 0 Å². The van der Waals surface area contributed by atoms with Crippen LogP contribution < -0.4 is 10.4 Å². The maximum absolute atomic E-state index is 13.4. The number of nitrogens with one attached hydrogen (secondary N) is 1. The van der Waals surface area contributed by atoms with Crippen LogP contribution in [0.1, 0.15) is 24.2 Å². The molecule has 0 aliphatic carbocycles. The smallest absolute Gasteiger partial charge is 0.338 e. The molecular formula is C27H24N4O2. The van der Waals surface area contributed by atoms with Crippen molar-refractivity contribution in [3.05, 3.63) is 120 Å². The highest BCUT2D eigenvalue weighted by molar-refractivity contribution is 6.03. The lowest BCUT2D eigenvalue weighted by molar-refractivity contribution is -0.138. The van der Waals surface area contributed by atoms with Crippen LogP contribution in [0.2, 0.25) is 0 Å². The molecule has 0 amide bonds. The van der Waals surface area contributed by atoms with E-state index in [1.807, 2.05) is 114 Å². The second-order valence-electron chi connectivity index (χ2n) is 7.59. The summed E-state index contributed by atoms with van der Waals surface area (Å²) in [5, 5.41) is 6.52. The Morgan fingerprint density at radius 2 is 1.48 bits per heavy atom. The predicted octanol–water partition coefficient (Wildman–Crippen LogP) is 4.91. The second-order valence-corrected chi connectivity index (χ2v) is 7.59. The Kier molecular flexibility index (Phi) is 5.74. The quantitative estimate of drug-likeness (QED) is 0.435. The molecule has 0 spiro atoms. The monoisotopic (exact) mass is 436 g/mol. The van der Waals surface area contributed by atoms with E-state index in [1.54, 1.807) is 6.20 Å². The molecule has 1 aliphatic rings. The number of hydrogen-bond donors (Lipinski definition) is 1. The molecule has 1 aromatic heterocycles. The third kappa shape index (κ3) is 3.92. The van der Waals surface area contributed by atoms with E-state index in [-0.39, 0.29) is 5.97 Å². The number of carbonyl (C=O) groups excluding carboxylic acids is 1. The fraction of sp³-hybridized carbons (Fsp3) is 0.111. The standard InChI is InChI=1S/C27H24N4O2/c1-2-33-27(32)24-25(23-18-19-28-30(23)21-14-8-4-9-15-21)29-31(22-16-10-5-11-17-22)26(24)20-12-6-3-7-13-20/h3-19,25,29H,2H2,1H3. The zero-order valence-electron chi connectivity index (χ0n) is 18.3. The normalized spacial score (nSPS) is 15.7. The average Bonchev–Trinajstić information content (AvgIpc) is 3.51. The fourth-order valence-electron chi connectivity index (χ4n) is 4.13. The van der Waals surface area contributed by atoms with Crippen molar-refractivity contribution in [1.29, 1.82) is 0 Å². The Balaban J connectivity index is 1.72. The highest BCUT2D eigenvalue weighted by Crippen LogP contribution is 2.40.